The van der Waals surface area contributed by atoms with Crippen LogP contribution in [-0.2, 0) is 9.59 Å². The average Bonchev–Trinajstić information content (AvgIpc) is 2.72. The normalized spacial score (nSPS) is 18.0. The Bertz CT molecular complexity index is 878. The van der Waals surface area contributed by atoms with Crippen LogP contribution in [0.3, 0.4) is 0 Å². The van der Waals surface area contributed by atoms with Gasteiger partial charge in [-0.2, -0.15) is 0 Å². The summed E-state index contributed by atoms with van der Waals surface area (Å²) < 4.78 is 0. The lowest BCUT2D eigenvalue weighted by Gasteiger charge is -2.33. The van der Waals surface area contributed by atoms with Crippen LogP contribution in [0.2, 0.25) is 0 Å². The van der Waals surface area contributed by atoms with E-state index in [0.717, 1.165) is 35.5 Å². The predicted molar refractivity (Wildman–Crippen MR) is 110 cm³/mol. The summed E-state index contributed by atoms with van der Waals surface area (Å²) in [5.41, 5.74) is 4.27. The van der Waals surface area contributed by atoms with Crippen LogP contribution in [0.1, 0.15) is 56.1 Å². The van der Waals surface area contributed by atoms with E-state index in [1.54, 1.807) is 4.90 Å². The first-order valence-corrected chi connectivity index (χ1v) is 10.1. The van der Waals surface area contributed by atoms with Gasteiger partial charge in [0.15, 0.2) is 0 Å². The second-order valence-electron chi connectivity index (χ2n) is 7.85. The molecule has 148 valence electrons. The standard InChI is InChI=1S/C23H29N3O2/c1-5-16(3)22(27)23(28)26-11-7-10-19(14-26)21-20(13-24-17(4)25-21)18-9-6-8-15(2)12-18/h6,8-9,12-13,16,19H,5,7,10-11,14H2,1-4H3/t16-,19-/m0/s1. The topological polar surface area (TPSA) is 63.2 Å². The van der Waals surface area contributed by atoms with E-state index in [1.807, 2.05) is 33.0 Å². The number of piperidine rings is 1. The second-order valence-corrected chi connectivity index (χ2v) is 7.85. The first-order valence-electron chi connectivity index (χ1n) is 10.1. The summed E-state index contributed by atoms with van der Waals surface area (Å²) in [4.78, 5) is 36.0. The van der Waals surface area contributed by atoms with Gasteiger partial charge in [0.1, 0.15) is 5.82 Å². The van der Waals surface area contributed by atoms with Crippen molar-refractivity contribution in [1.29, 1.82) is 0 Å². The molecule has 5 nitrogen and oxygen atoms in total. The number of aryl methyl sites for hydroxylation is 2. The minimum absolute atomic E-state index is 0.111. The fraction of sp³-hybridized carbons (Fsp3) is 0.478. The van der Waals surface area contributed by atoms with E-state index in [4.69, 9.17) is 4.98 Å². The fourth-order valence-corrected chi connectivity index (χ4v) is 3.77. The molecule has 0 bridgehead atoms. The molecule has 3 rings (SSSR count). The van der Waals surface area contributed by atoms with Crippen LogP contribution in [0.5, 0.6) is 0 Å². The summed E-state index contributed by atoms with van der Waals surface area (Å²) in [7, 11) is 0. The van der Waals surface area contributed by atoms with Crippen LogP contribution in [0.4, 0.5) is 0 Å². The van der Waals surface area contributed by atoms with E-state index in [0.29, 0.717) is 19.5 Å². The summed E-state index contributed by atoms with van der Waals surface area (Å²) in [5, 5.41) is 0. The molecule has 2 heterocycles. The highest BCUT2D eigenvalue weighted by atomic mass is 16.2. The number of carbonyl (C=O) groups excluding carboxylic acids is 2. The number of carbonyl (C=O) groups is 2. The van der Waals surface area contributed by atoms with Gasteiger partial charge in [-0.3, -0.25) is 9.59 Å². The van der Waals surface area contributed by atoms with Crippen molar-refractivity contribution in [3.8, 4) is 11.1 Å². The Kier molecular flexibility index (Phi) is 6.22. The number of aromatic nitrogens is 2. The lowest BCUT2D eigenvalue weighted by Crippen LogP contribution is -2.44. The molecule has 2 atom stereocenters. The average molecular weight is 380 g/mol. The molecule has 5 heteroatoms. The maximum absolute atomic E-state index is 12.7. The minimum atomic E-state index is -0.345. The lowest BCUT2D eigenvalue weighted by molar-refractivity contribution is -0.147. The molecule has 2 aromatic rings. The van der Waals surface area contributed by atoms with Gasteiger partial charge in [-0.1, -0.05) is 43.7 Å². The molecule has 1 aromatic heterocycles. The van der Waals surface area contributed by atoms with Crippen molar-refractivity contribution < 1.29 is 9.59 Å². The largest absolute Gasteiger partial charge is 0.335 e. The van der Waals surface area contributed by atoms with Crippen LogP contribution in [-0.4, -0.2) is 39.6 Å². The molecule has 1 aromatic carbocycles. The number of hydrogen-bond donors (Lipinski definition) is 0. The third kappa shape index (κ3) is 4.29. The van der Waals surface area contributed by atoms with E-state index in [2.05, 4.69) is 30.1 Å². The van der Waals surface area contributed by atoms with Crippen molar-refractivity contribution in [1.82, 2.24) is 14.9 Å². The first kappa shape index (κ1) is 20.2. The third-order valence-electron chi connectivity index (χ3n) is 5.63. The molecule has 1 aliphatic heterocycles. The Hall–Kier alpha value is -2.56. The van der Waals surface area contributed by atoms with Gasteiger partial charge in [-0.05, 0) is 38.7 Å². The van der Waals surface area contributed by atoms with Crippen molar-refractivity contribution in [2.24, 2.45) is 5.92 Å². The van der Waals surface area contributed by atoms with Crippen molar-refractivity contribution >= 4 is 11.7 Å². The number of amides is 1. The van der Waals surface area contributed by atoms with Crippen molar-refractivity contribution in [3.63, 3.8) is 0 Å². The molecule has 0 radical (unpaired) electrons. The Morgan fingerprint density at radius 1 is 1.29 bits per heavy atom. The maximum Gasteiger partial charge on any atom is 0.290 e. The molecule has 0 saturated carbocycles. The predicted octanol–water partition coefficient (Wildman–Crippen LogP) is 4.08. The highest BCUT2D eigenvalue weighted by Crippen LogP contribution is 2.33. The smallest absolute Gasteiger partial charge is 0.290 e. The van der Waals surface area contributed by atoms with Crippen LogP contribution in [0.25, 0.3) is 11.1 Å². The van der Waals surface area contributed by atoms with Gasteiger partial charge in [-0.15, -0.1) is 0 Å². The third-order valence-corrected chi connectivity index (χ3v) is 5.63. The van der Waals surface area contributed by atoms with E-state index in [1.165, 1.54) is 5.56 Å². The molecule has 0 unspecified atom stereocenters. The van der Waals surface area contributed by atoms with Gasteiger partial charge < -0.3 is 4.90 Å². The van der Waals surface area contributed by atoms with Crippen LogP contribution in [0.15, 0.2) is 30.5 Å². The van der Waals surface area contributed by atoms with Gasteiger partial charge in [0.05, 0.1) is 5.69 Å². The molecular weight excluding hydrogens is 350 g/mol. The number of hydrogen-bond acceptors (Lipinski definition) is 4. The highest BCUT2D eigenvalue weighted by molar-refractivity contribution is 6.36. The molecule has 1 aliphatic rings. The van der Waals surface area contributed by atoms with Gasteiger partial charge in [-0.25, -0.2) is 9.97 Å². The SMILES string of the molecule is CC[C@H](C)C(=O)C(=O)N1CCC[C@H](c2nc(C)ncc2-c2cccc(C)c2)C1. The van der Waals surface area contributed by atoms with Gasteiger partial charge in [0.2, 0.25) is 5.78 Å². The second kappa shape index (κ2) is 8.63. The van der Waals surface area contributed by atoms with Gasteiger partial charge in [0.25, 0.3) is 5.91 Å². The quantitative estimate of drug-likeness (QED) is 0.734. The molecule has 1 amide bonds. The van der Waals surface area contributed by atoms with E-state index in [9.17, 15) is 9.59 Å². The van der Waals surface area contributed by atoms with Crippen LogP contribution < -0.4 is 0 Å². The molecule has 0 N–H and O–H groups in total. The summed E-state index contributed by atoms with van der Waals surface area (Å²) in [6, 6.07) is 8.31. The zero-order valence-corrected chi connectivity index (χ0v) is 17.2. The van der Waals surface area contributed by atoms with Gasteiger partial charge in [0, 0.05) is 36.7 Å². The van der Waals surface area contributed by atoms with E-state index in [-0.39, 0.29) is 23.5 Å². The summed E-state index contributed by atoms with van der Waals surface area (Å²) >= 11 is 0. The summed E-state index contributed by atoms with van der Waals surface area (Å²) in [6.45, 7) is 8.90. The maximum atomic E-state index is 12.7. The van der Waals surface area contributed by atoms with Crippen LogP contribution >= 0.6 is 0 Å². The number of Topliss-reactive ketones (excluding diaryl/α,β-unsaturated/α-hetero) is 1. The number of likely N-dealkylation sites (tertiary alicyclic amines) is 1. The Labute approximate surface area is 167 Å². The Morgan fingerprint density at radius 3 is 2.79 bits per heavy atom. The monoisotopic (exact) mass is 379 g/mol. The molecule has 28 heavy (non-hydrogen) atoms. The molecule has 1 saturated heterocycles. The zero-order chi connectivity index (χ0) is 20.3. The molecule has 0 aliphatic carbocycles. The molecular formula is C23H29N3O2. The number of ketones is 1. The van der Waals surface area contributed by atoms with Crippen molar-refractivity contribution in [2.45, 2.75) is 52.9 Å². The molecule has 0 spiro atoms. The summed E-state index contributed by atoms with van der Waals surface area (Å²) in [6.07, 6.45) is 4.40. The number of nitrogens with zero attached hydrogens (tertiary/aromatic N) is 3. The fourth-order valence-electron chi connectivity index (χ4n) is 3.77. The Balaban J connectivity index is 1.90. The first-order chi connectivity index (χ1) is 13.4. The van der Waals surface area contributed by atoms with E-state index >= 15 is 0 Å². The Morgan fingerprint density at radius 2 is 2.07 bits per heavy atom. The lowest BCUT2D eigenvalue weighted by atomic mass is 9.89. The number of benzene rings is 1. The van der Waals surface area contributed by atoms with Gasteiger partial charge >= 0.3 is 0 Å². The highest BCUT2D eigenvalue weighted by Gasteiger charge is 2.32. The van der Waals surface area contributed by atoms with Crippen molar-refractivity contribution in [3.05, 3.63) is 47.5 Å². The minimum Gasteiger partial charge on any atom is -0.335 e. The zero-order valence-electron chi connectivity index (χ0n) is 17.2. The van der Waals surface area contributed by atoms with Crippen LogP contribution in [0, 0.1) is 19.8 Å². The van der Waals surface area contributed by atoms with E-state index < -0.39 is 0 Å². The summed E-state index contributed by atoms with van der Waals surface area (Å²) in [5.74, 6) is -0.00920. The number of rotatable bonds is 5. The van der Waals surface area contributed by atoms with Crippen molar-refractivity contribution in [2.75, 3.05) is 13.1 Å². The molecule has 1 fully saturated rings.